The Labute approximate surface area is 170 Å². The Morgan fingerprint density at radius 3 is 2.52 bits per heavy atom. The molecule has 0 bridgehead atoms. The summed E-state index contributed by atoms with van der Waals surface area (Å²) in [7, 11) is 1.84. The summed E-state index contributed by atoms with van der Waals surface area (Å²) in [4.78, 5) is 16.5. The molecular formula is C19H25Cl2N5O. The predicted octanol–water partition coefficient (Wildman–Crippen LogP) is 3.09. The molecular weight excluding hydrogens is 385 g/mol. The number of nitrogens with one attached hydrogen (secondary N) is 3. The van der Waals surface area contributed by atoms with E-state index in [0.29, 0.717) is 42.2 Å². The molecule has 6 nitrogen and oxygen atoms in total. The van der Waals surface area contributed by atoms with Crippen molar-refractivity contribution in [3.05, 3.63) is 57.8 Å². The molecule has 1 aromatic carbocycles. The normalized spacial score (nSPS) is 11.3. The Hall–Kier alpha value is -2.18. The predicted molar refractivity (Wildman–Crippen MR) is 111 cm³/mol. The van der Waals surface area contributed by atoms with E-state index in [4.69, 9.17) is 23.2 Å². The minimum absolute atomic E-state index is 0.0109. The number of carbonyl (C=O) groups excluding carboxylic acids is 1. The fourth-order valence-electron chi connectivity index (χ4n) is 2.42. The molecule has 8 heteroatoms. The fraction of sp³-hybridized carbons (Fsp3) is 0.368. The molecule has 0 aliphatic heterocycles. The van der Waals surface area contributed by atoms with Crippen LogP contribution < -0.4 is 16.0 Å². The lowest BCUT2D eigenvalue weighted by Crippen LogP contribution is -2.39. The van der Waals surface area contributed by atoms with E-state index in [1.807, 2.05) is 44.3 Å². The van der Waals surface area contributed by atoms with Crippen molar-refractivity contribution in [3.63, 3.8) is 0 Å². The van der Waals surface area contributed by atoms with Crippen LogP contribution in [0.3, 0.4) is 0 Å². The molecule has 0 atom stereocenters. The average Bonchev–Trinajstić information content (AvgIpc) is 2.92. The summed E-state index contributed by atoms with van der Waals surface area (Å²) >= 11 is 12.1. The third-order valence-electron chi connectivity index (χ3n) is 3.94. The van der Waals surface area contributed by atoms with Gasteiger partial charge in [0.05, 0.1) is 11.6 Å². The van der Waals surface area contributed by atoms with E-state index in [-0.39, 0.29) is 5.91 Å². The Morgan fingerprint density at radius 1 is 1.15 bits per heavy atom. The maximum Gasteiger partial charge on any atom is 0.222 e. The molecule has 0 aliphatic rings. The summed E-state index contributed by atoms with van der Waals surface area (Å²) in [5.41, 5.74) is 1.98. The van der Waals surface area contributed by atoms with Crippen molar-refractivity contribution in [1.82, 2.24) is 20.5 Å². The van der Waals surface area contributed by atoms with Crippen LogP contribution in [-0.2, 0) is 24.9 Å². The Kier molecular flexibility index (Phi) is 8.48. The monoisotopic (exact) mass is 409 g/mol. The molecule has 2 aromatic rings. The zero-order valence-corrected chi connectivity index (χ0v) is 17.1. The molecule has 146 valence electrons. The van der Waals surface area contributed by atoms with Crippen LogP contribution in [0.15, 0.2) is 41.4 Å². The highest BCUT2D eigenvalue weighted by Gasteiger charge is 2.09. The molecule has 1 heterocycles. The van der Waals surface area contributed by atoms with Crippen molar-refractivity contribution >= 4 is 35.1 Å². The molecule has 3 N–H and O–H groups in total. The third kappa shape index (κ3) is 6.81. The van der Waals surface area contributed by atoms with Gasteiger partial charge >= 0.3 is 0 Å². The molecule has 27 heavy (non-hydrogen) atoms. The Morgan fingerprint density at radius 2 is 1.89 bits per heavy atom. The van der Waals surface area contributed by atoms with Gasteiger partial charge in [-0.1, -0.05) is 53.5 Å². The number of hydrogen-bond donors (Lipinski definition) is 3. The summed E-state index contributed by atoms with van der Waals surface area (Å²) in [5, 5.41) is 10.2. The van der Waals surface area contributed by atoms with Crippen LogP contribution >= 0.6 is 23.2 Å². The highest BCUT2D eigenvalue weighted by atomic mass is 35.5. The van der Waals surface area contributed by atoms with Gasteiger partial charge in [0.2, 0.25) is 5.91 Å². The highest BCUT2D eigenvalue weighted by molar-refractivity contribution is 6.41. The maximum absolute atomic E-state index is 12.0. The topological polar surface area (TPSA) is 70.5 Å². The summed E-state index contributed by atoms with van der Waals surface area (Å²) in [6.07, 6.45) is 0.360. The van der Waals surface area contributed by atoms with Gasteiger partial charge in [-0.05, 0) is 18.6 Å². The van der Waals surface area contributed by atoms with Gasteiger partial charge in [0.1, 0.15) is 5.15 Å². The van der Waals surface area contributed by atoms with Crippen LogP contribution in [0.4, 0.5) is 0 Å². The summed E-state index contributed by atoms with van der Waals surface area (Å²) in [5.74, 6) is 0.630. The quantitative estimate of drug-likeness (QED) is 0.463. The first kappa shape index (κ1) is 21.1. The smallest absolute Gasteiger partial charge is 0.222 e. The van der Waals surface area contributed by atoms with Crippen molar-refractivity contribution in [1.29, 1.82) is 0 Å². The van der Waals surface area contributed by atoms with Crippen molar-refractivity contribution in [2.75, 3.05) is 13.1 Å². The molecule has 0 fully saturated rings. The molecule has 2 rings (SSSR count). The summed E-state index contributed by atoms with van der Waals surface area (Å²) in [6, 6.07) is 11.6. The van der Waals surface area contributed by atoms with E-state index in [2.05, 4.69) is 20.9 Å². The number of carbonyl (C=O) groups is 1. The van der Waals surface area contributed by atoms with Crippen LogP contribution in [0.25, 0.3) is 0 Å². The van der Waals surface area contributed by atoms with Crippen molar-refractivity contribution in [2.24, 2.45) is 12.0 Å². The Balaban J connectivity index is 1.79. The number of benzene rings is 1. The lowest BCUT2D eigenvalue weighted by Gasteiger charge is -2.11. The second kappa shape index (κ2) is 10.8. The summed E-state index contributed by atoms with van der Waals surface area (Å²) < 4.78 is 1.80. The van der Waals surface area contributed by atoms with Crippen molar-refractivity contribution in [2.45, 2.75) is 26.4 Å². The number of aliphatic imine (C=N–C) groups is 1. The molecule has 1 aromatic heterocycles. The molecule has 0 spiro atoms. The van der Waals surface area contributed by atoms with Gasteiger partial charge < -0.3 is 20.5 Å². The van der Waals surface area contributed by atoms with Crippen molar-refractivity contribution in [3.8, 4) is 0 Å². The molecule has 0 unspecified atom stereocenters. The zero-order chi connectivity index (χ0) is 19.6. The standard InChI is InChI=1S/C19H25Cl2N5O/c1-3-22-19(25-13-15-11-16(20)18(21)26(15)2)23-10-9-17(27)24-12-14-7-5-4-6-8-14/h4-8,11H,3,9-10,12-13H2,1-2H3,(H,24,27)(H2,22,23,25). The number of rotatable bonds is 8. The van der Waals surface area contributed by atoms with Gasteiger partial charge in [0.25, 0.3) is 0 Å². The second-order valence-corrected chi connectivity index (χ2v) is 6.73. The third-order valence-corrected chi connectivity index (χ3v) is 4.78. The van der Waals surface area contributed by atoms with Gasteiger partial charge in [-0.2, -0.15) is 0 Å². The van der Waals surface area contributed by atoms with Gasteiger partial charge in [-0.3, -0.25) is 4.79 Å². The Bertz CT molecular complexity index is 774. The van der Waals surface area contributed by atoms with E-state index in [9.17, 15) is 4.79 Å². The number of nitrogens with zero attached hydrogens (tertiary/aromatic N) is 2. The maximum atomic E-state index is 12.0. The van der Waals surface area contributed by atoms with E-state index in [0.717, 1.165) is 17.8 Å². The number of halogens is 2. The van der Waals surface area contributed by atoms with Crippen LogP contribution in [0, 0.1) is 0 Å². The van der Waals surface area contributed by atoms with Gasteiger partial charge in [-0.15, -0.1) is 0 Å². The van der Waals surface area contributed by atoms with Crippen molar-refractivity contribution < 1.29 is 4.79 Å². The van der Waals surface area contributed by atoms with Crippen LogP contribution in [0.1, 0.15) is 24.6 Å². The van der Waals surface area contributed by atoms with Gasteiger partial charge in [0, 0.05) is 38.8 Å². The first-order valence-electron chi connectivity index (χ1n) is 8.83. The molecule has 1 amide bonds. The molecule has 0 radical (unpaired) electrons. The molecule has 0 saturated carbocycles. The minimum atomic E-state index is -0.0109. The number of hydrogen-bond acceptors (Lipinski definition) is 2. The van der Waals surface area contributed by atoms with E-state index < -0.39 is 0 Å². The largest absolute Gasteiger partial charge is 0.357 e. The van der Waals surface area contributed by atoms with Gasteiger partial charge in [-0.25, -0.2) is 4.99 Å². The highest BCUT2D eigenvalue weighted by Crippen LogP contribution is 2.25. The van der Waals surface area contributed by atoms with Crippen LogP contribution in [-0.4, -0.2) is 29.5 Å². The van der Waals surface area contributed by atoms with Gasteiger partial charge in [0.15, 0.2) is 5.96 Å². The van der Waals surface area contributed by atoms with E-state index in [1.165, 1.54) is 0 Å². The molecule has 0 aliphatic carbocycles. The second-order valence-electron chi connectivity index (χ2n) is 5.97. The lowest BCUT2D eigenvalue weighted by molar-refractivity contribution is -0.121. The first-order chi connectivity index (χ1) is 13.0. The number of aromatic nitrogens is 1. The number of amides is 1. The zero-order valence-electron chi connectivity index (χ0n) is 15.6. The first-order valence-corrected chi connectivity index (χ1v) is 9.59. The fourth-order valence-corrected chi connectivity index (χ4v) is 2.84. The number of guanidine groups is 1. The SMILES string of the molecule is CCNC(=NCc1cc(Cl)c(Cl)n1C)NCCC(=O)NCc1ccccc1. The van der Waals surface area contributed by atoms with E-state index >= 15 is 0 Å². The minimum Gasteiger partial charge on any atom is -0.357 e. The van der Waals surface area contributed by atoms with Crippen LogP contribution in [0.5, 0.6) is 0 Å². The van der Waals surface area contributed by atoms with Crippen LogP contribution in [0.2, 0.25) is 10.2 Å². The molecule has 0 saturated heterocycles. The average molecular weight is 410 g/mol. The summed E-state index contributed by atoms with van der Waals surface area (Å²) in [6.45, 7) is 4.16. The lowest BCUT2D eigenvalue weighted by atomic mass is 10.2. The van der Waals surface area contributed by atoms with E-state index in [1.54, 1.807) is 10.6 Å².